The molecule has 2 aliphatic carbocycles. The van der Waals surface area contributed by atoms with Crippen molar-refractivity contribution >= 4 is 0 Å². The molecule has 2 saturated carbocycles. The molecule has 3 nitrogen and oxygen atoms in total. The largest absolute Gasteiger partial charge is 0.429 e. The van der Waals surface area contributed by atoms with Crippen molar-refractivity contribution in [2.45, 2.75) is 76.5 Å². The highest BCUT2D eigenvalue weighted by atomic mass is 19.4. The molecule has 0 spiro atoms. The number of aromatic nitrogens is 2. The summed E-state index contributed by atoms with van der Waals surface area (Å²) < 4.78 is 73.0. The molecule has 2 fully saturated rings. The van der Waals surface area contributed by atoms with E-state index in [-0.39, 0.29) is 11.6 Å². The van der Waals surface area contributed by atoms with Crippen molar-refractivity contribution in [1.29, 1.82) is 0 Å². The number of alkyl halides is 5. The van der Waals surface area contributed by atoms with Gasteiger partial charge in [-0.3, -0.25) is 0 Å². The van der Waals surface area contributed by atoms with Gasteiger partial charge in [0.1, 0.15) is 0 Å². The highest BCUT2D eigenvalue weighted by molar-refractivity contribution is 5.55. The van der Waals surface area contributed by atoms with Gasteiger partial charge in [-0.2, -0.15) is 22.0 Å². The lowest BCUT2D eigenvalue weighted by Gasteiger charge is -2.32. The quantitative estimate of drug-likeness (QED) is 0.238. The maximum absolute atomic E-state index is 14.9. The van der Waals surface area contributed by atoms with Crippen LogP contribution in [0, 0.1) is 23.7 Å². The third-order valence-electron chi connectivity index (χ3n) is 7.93. The summed E-state index contributed by atoms with van der Waals surface area (Å²) in [6.07, 6.45) is 10.4. The molecule has 1 aromatic carbocycles. The zero-order chi connectivity index (χ0) is 27.2. The summed E-state index contributed by atoms with van der Waals surface area (Å²) in [7, 11) is 0. The second kappa shape index (κ2) is 12.4. The maximum Gasteiger partial charge on any atom is 0.416 e. The standard InChI is InChI=1S/C30H35F5N2O/c1-2-3-4-21-5-7-22(8-6-21)9-10-23-11-15-26(16-12-23)30(34,35)38-27-19-36-28(37-20-27)24-13-17-25(18-14-24)29(31,32)33/h2,9-10,13-14,17-23,26H,1,3-8,11-12,15-16H2/b10-9+. The lowest BCUT2D eigenvalue weighted by Crippen LogP contribution is -2.37. The Hall–Kier alpha value is -2.77. The first-order valence-corrected chi connectivity index (χ1v) is 13.5. The van der Waals surface area contributed by atoms with E-state index in [1.165, 1.54) is 44.2 Å². The molecule has 0 radical (unpaired) electrons. The molecular weight excluding hydrogens is 499 g/mol. The minimum Gasteiger partial charge on any atom is -0.429 e. The average molecular weight is 535 g/mol. The average Bonchev–Trinajstić information content (AvgIpc) is 2.91. The lowest BCUT2D eigenvalue weighted by molar-refractivity contribution is -0.223. The first-order chi connectivity index (χ1) is 18.1. The zero-order valence-electron chi connectivity index (χ0n) is 21.5. The molecular formula is C30H35F5N2O. The predicted octanol–water partition coefficient (Wildman–Crippen LogP) is 9.27. The molecule has 206 valence electrons. The van der Waals surface area contributed by atoms with E-state index in [9.17, 15) is 22.0 Å². The van der Waals surface area contributed by atoms with Crippen molar-refractivity contribution in [3.63, 3.8) is 0 Å². The third kappa shape index (κ3) is 7.64. The molecule has 4 rings (SSSR count). The van der Waals surface area contributed by atoms with Crippen molar-refractivity contribution < 1.29 is 26.7 Å². The van der Waals surface area contributed by atoms with Crippen molar-refractivity contribution in [3.8, 4) is 17.1 Å². The van der Waals surface area contributed by atoms with Crippen molar-refractivity contribution in [2.75, 3.05) is 0 Å². The van der Waals surface area contributed by atoms with Gasteiger partial charge in [0.05, 0.1) is 23.9 Å². The van der Waals surface area contributed by atoms with Crippen LogP contribution in [0.4, 0.5) is 22.0 Å². The fourth-order valence-electron chi connectivity index (χ4n) is 5.55. The molecule has 0 bridgehead atoms. The Morgan fingerprint density at radius 1 is 0.816 bits per heavy atom. The fourth-order valence-corrected chi connectivity index (χ4v) is 5.55. The van der Waals surface area contributed by atoms with Gasteiger partial charge in [-0.25, -0.2) is 9.97 Å². The van der Waals surface area contributed by atoms with Gasteiger partial charge in [0.2, 0.25) is 0 Å². The number of nitrogens with zero attached hydrogens (tertiary/aromatic N) is 2. The lowest BCUT2D eigenvalue weighted by atomic mass is 9.78. The van der Waals surface area contributed by atoms with Crippen molar-refractivity contribution in [2.24, 2.45) is 23.7 Å². The van der Waals surface area contributed by atoms with E-state index in [0.29, 0.717) is 43.1 Å². The van der Waals surface area contributed by atoms with E-state index in [1.807, 2.05) is 6.08 Å². The Labute approximate surface area is 221 Å². The maximum atomic E-state index is 14.9. The van der Waals surface area contributed by atoms with Gasteiger partial charge in [0.25, 0.3) is 0 Å². The smallest absolute Gasteiger partial charge is 0.416 e. The molecule has 0 N–H and O–H groups in total. The second-order valence-electron chi connectivity index (χ2n) is 10.6. The van der Waals surface area contributed by atoms with Gasteiger partial charge in [0.15, 0.2) is 11.6 Å². The van der Waals surface area contributed by atoms with Crippen LogP contribution in [0.3, 0.4) is 0 Å². The Morgan fingerprint density at radius 3 is 1.89 bits per heavy atom. The molecule has 0 amide bonds. The van der Waals surface area contributed by atoms with Gasteiger partial charge in [-0.1, -0.05) is 30.4 Å². The van der Waals surface area contributed by atoms with E-state index in [1.54, 1.807) is 0 Å². The van der Waals surface area contributed by atoms with E-state index in [0.717, 1.165) is 36.9 Å². The molecule has 0 atom stereocenters. The highest BCUT2D eigenvalue weighted by Gasteiger charge is 2.44. The first kappa shape index (κ1) is 28.2. The molecule has 38 heavy (non-hydrogen) atoms. The molecule has 0 unspecified atom stereocenters. The molecule has 0 aliphatic heterocycles. The highest BCUT2D eigenvalue weighted by Crippen LogP contribution is 2.41. The Morgan fingerprint density at radius 2 is 1.37 bits per heavy atom. The topological polar surface area (TPSA) is 35.0 Å². The van der Waals surface area contributed by atoms with Crippen LogP contribution in [0.5, 0.6) is 5.75 Å². The number of hydrogen-bond donors (Lipinski definition) is 0. The second-order valence-corrected chi connectivity index (χ2v) is 10.6. The van der Waals surface area contributed by atoms with E-state index >= 15 is 0 Å². The van der Waals surface area contributed by atoms with E-state index in [4.69, 9.17) is 4.74 Å². The van der Waals surface area contributed by atoms with Gasteiger partial charge < -0.3 is 4.74 Å². The minimum atomic E-state index is -4.44. The monoisotopic (exact) mass is 534 g/mol. The fraction of sp³-hybridized carbons (Fsp3) is 0.533. The minimum absolute atomic E-state index is 0.131. The third-order valence-corrected chi connectivity index (χ3v) is 7.93. The van der Waals surface area contributed by atoms with Crippen LogP contribution >= 0.6 is 0 Å². The van der Waals surface area contributed by atoms with Crippen molar-refractivity contribution in [1.82, 2.24) is 9.97 Å². The molecule has 0 saturated heterocycles. The van der Waals surface area contributed by atoms with Gasteiger partial charge in [-0.05, 0) is 94.1 Å². The van der Waals surface area contributed by atoms with Crippen LogP contribution in [0.25, 0.3) is 11.4 Å². The van der Waals surface area contributed by atoms with Crippen LogP contribution in [0.1, 0.15) is 69.8 Å². The van der Waals surface area contributed by atoms with Crippen molar-refractivity contribution in [3.05, 3.63) is 67.0 Å². The number of ether oxygens (including phenoxy) is 1. The molecule has 1 heterocycles. The van der Waals surface area contributed by atoms with Crippen LogP contribution in [0.15, 0.2) is 61.5 Å². The van der Waals surface area contributed by atoms with Crippen LogP contribution in [-0.4, -0.2) is 16.1 Å². The summed E-state index contributed by atoms with van der Waals surface area (Å²) in [6, 6.07) is 4.35. The summed E-state index contributed by atoms with van der Waals surface area (Å²) in [5.74, 6) is 0.807. The van der Waals surface area contributed by atoms with Crippen LogP contribution < -0.4 is 4.74 Å². The predicted molar refractivity (Wildman–Crippen MR) is 138 cm³/mol. The number of halogens is 5. The number of benzene rings is 1. The summed E-state index contributed by atoms with van der Waals surface area (Å²) in [4.78, 5) is 8.01. The number of allylic oxidation sites excluding steroid dienone is 3. The molecule has 2 aliphatic rings. The normalized spacial score (nSPS) is 24.9. The van der Waals surface area contributed by atoms with E-state index in [2.05, 4.69) is 28.7 Å². The molecule has 1 aromatic heterocycles. The summed E-state index contributed by atoms with van der Waals surface area (Å²) in [6.45, 7) is 3.81. The molecule has 2 aromatic rings. The molecule has 8 heteroatoms. The summed E-state index contributed by atoms with van der Waals surface area (Å²) in [5, 5.41) is 0. The van der Waals surface area contributed by atoms with Gasteiger partial charge in [0, 0.05) is 5.56 Å². The van der Waals surface area contributed by atoms with Gasteiger partial charge in [-0.15, -0.1) is 6.58 Å². The zero-order valence-corrected chi connectivity index (χ0v) is 21.5. The Balaban J connectivity index is 1.24. The van der Waals surface area contributed by atoms with Crippen LogP contribution in [-0.2, 0) is 6.18 Å². The number of rotatable bonds is 9. The summed E-state index contributed by atoms with van der Waals surface area (Å²) >= 11 is 0. The number of hydrogen-bond acceptors (Lipinski definition) is 3. The van der Waals surface area contributed by atoms with E-state index < -0.39 is 23.8 Å². The Bertz CT molecular complexity index is 1050. The first-order valence-electron chi connectivity index (χ1n) is 13.5. The van der Waals surface area contributed by atoms with Crippen LogP contribution in [0.2, 0.25) is 0 Å². The summed E-state index contributed by atoms with van der Waals surface area (Å²) in [5.41, 5.74) is -0.434. The van der Waals surface area contributed by atoms with Gasteiger partial charge >= 0.3 is 12.3 Å². The Kier molecular flexibility index (Phi) is 9.21. The SMILES string of the molecule is C=CCCC1CCC(/C=C/C2CCC(C(F)(F)Oc3cnc(-c4ccc(C(F)(F)F)cc4)nc3)CC2)CC1.